The van der Waals surface area contributed by atoms with Crippen molar-refractivity contribution in [3.63, 3.8) is 0 Å². The van der Waals surface area contributed by atoms with Crippen molar-refractivity contribution in [3.8, 4) is 11.5 Å². The van der Waals surface area contributed by atoms with Crippen LogP contribution in [-0.2, 0) is 11.2 Å². The highest BCUT2D eigenvalue weighted by molar-refractivity contribution is 8.01. The van der Waals surface area contributed by atoms with Gasteiger partial charge in [-0.15, -0.1) is 10.2 Å². The maximum atomic E-state index is 12.6. The summed E-state index contributed by atoms with van der Waals surface area (Å²) in [5, 5.41) is 14.7. The highest BCUT2D eigenvalue weighted by atomic mass is 32.2. The van der Waals surface area contributed by atoms with Crippen molar-refractivity contribution < 1.29 is 18.5 Å². The normalized spacial score (nSPS) is 12.7. The van der Waals surface area contributed by atoms with Crippen molar-refractivity contribution in [1.29, 1.82) is 0 Å². The molecule has 4 aromatic rings. The number of hydrogen-bond donors (Lipinski definition) is 1. The highest BCUT2D eigenvalue weighted by Gasteiger charge is 2.24. The molecule has 0 radical (unpaired) electrons. The molecule has 0 aliphatic carbocycles. The van der Waals surface area contributed by atoms with Crippen LogP contribution in [-0.4, -0.2) is 39.5 Å². The fourth-order valence-electron chi connectivity index (χ4n) is 3.20. The second kappa shape index (κ2) is 8.36. The molecule has 31 heavy (non-hydrogen) atoms. The zero-order chi connectivity index (χ0) is 21.2. The second-order valence-electron chi connectivity index (χ2n) is 6.59. The third-order valence-corrected chi connectivity index (χ3v) is 6.60. The Hall–Kier alpha value is -3.44. The number of carbonyl (C=O) groups excluding carboxylic acids is 2. The number of anilines is 2. The van der Waals surface area contributed by atoms with E-state index >= 15 is 0 Å². The molecule has 0 saturated heterocycles. The molecule has 0 atom stereocenters. The van der Waals surface area contributed by atoms with E-state index in [9.17, 15) is 9.59 Å². The van der Waals surface area contributed by atoms with Crippen LogP contribution in [0, 0.1) is 0 Å². The lowest BCUT2D eigenvalue weighted by molar-refractivity contribution is -0.116. The summed E-state index contributed by atoms with van der Waals surface area (Å²) in [6.07, 6.45) is 2.37. The topological polar surface area (TPSA) is 114 Å². The van der Waals surface area contributed by atoms with Crippen LogP contribution < -0.4 is 10.2 Å². The van der Waals surface area contributed by atoms with Gasteiger partial charge in [0.1, 0.15) is 0 Å². The molecular formula is C20H15N5O4S2. The van der Waals surface area contributed by atoms with Crippen LogP contribution in [0.4, 0.5) is 10.8 Å². The molecule has 3 aromatic heterocycles. The smallest absolute Gasteiger partial charge is 0.279 e. The number of carbonyl (C=O) groups is 2. The second-order valence-corrected chi connectivity index (χ2v) is 8.79. The fourth-order valence-corrected chi connectivity index (χ4v) is 4.82. The lowest BCUT2D eigenvalue weighted by atomic mass is 10.2. The Morgan fingerprint density at radius 1 is 1.16 bits per heavy atom. The number of nitrogens with zero attached hydrogens (tertiary/aromatic N) is 4. The van der Waals surface area contributed by atoms with Gasteiger partial charge in [0.25, 0.3) is 5.91 Å². The molecule has 4 heterocycles. The molecular weight excluding hydrogens is 438 g/mol. The molecule has 0 unspecified atom stereocenters. The van der Waals surface area contributed by atoms with Crippen LogP contribution in [0.2, 0.25) is 0 Å². The van der Waals surface area contributed by atoms with Crippen molar-refractivity contribution in [2.75, 3.05) is 22.5 Å². The SMILES string of the molecule is O=C(Nc1nnc(SCC(=O)N2CCc3ccccc32)s1)c1cc(-c2ccco2)on1. The highest BCUT2D eigenvalue weighted by Crippen LogP contribution is 2.30. The summed E-state index contributed by atoms with van der Waals surface area (Å²) in [5.41, 5.74) is 2.25. The molecule has 1 aromatic carbocycles. The van der Waals surface area contributed by atoms with E-state index in [0.29, 0.717) is 27.5 Å². The molecule has 156 valence electrons. The molecule has 0 spiro atoms. The molecule has 1 aliphatic rings. The summed E-state index contributed by atoms with van der Waals surface area (Å²) in [5.74, 6) is 0.618. The van der Waals surface area contributed by atoms with Crippen LogP contribution in [0.1, 0.15) is 16.1 Å². The van der Waals surface area contributed by atoms with Gasteiger partial charge in [0, 0.05) is 18.3 Å². The number of rotatable bonds is 6. The number of aromatic nitrogens is 3. The number of nitrogens with one attached hydrogen (secondary N) is 1. The van der Waals surface area contributed by atoms with Gasteiger partial charge in [-0.25, -0.2) is 0 Å². The van der Waals surface area contributed by atoms with Crippen molar-refractivity contribution in [2.45, 2.75) is 10.8 Å². The van der Waals surface area contributed by atoms with E-state index in [1.807, 2.05) is 24.3 Å². The van der Waals surface area contributed by atoms with E-state index in [0.717, 1.165) is 12.1 Å². The minimum absolute atomic E-state index is 0.0174. The summed E-state index contributed by atoms with van der Waals surface area (Å²) in [6, 6.07) is 12.8. The van der Waals surface area contributed by atoms with Gasteiger partial charge >= 0.3 is 0 Å². The first-order chi connectivity index (χ1) is 15.2. The summed E-state index contributed by atoms with van der Waals surface area (Å²) in [6.45, 7) is 0.688. The Bertz CT molecular complexity index is 1230. The van der Waals surface area contributed by atoms with E-state index in [-0.39, 0.29) is 17.4 Å². The number of amides is 2. The van der Waals surface area contributed by atoms with Gasteiger partial charge in [0.15, 0.2) is 15.8 Å². The Morgan fingerprint density at radius 3 is 2.94 bits per heavy atom. The van der Waals surface area contributed by atoms with Gasteiger partial charge in [-0.1, -0.05) is 46.5 Å². The molecule has 0 bridgehead atoms. The Balaban J connectivity index is 1.17. The first-order valence-electron chi connectivity index (χ1n) is 9.34. The van der Waals surface area contributed by atoms with E-state index in [1.54, 1.807) is 17.0 Å². The van der Waals surface area contributed by atoms with Crippen LogP contribution in [0.15, 0.2) is 62.0 Å². The zero-order valence-electron chi connectivity index (χ0n) is 16.0. The van der Waals surface area contributed by atoms with Gasteiger partial charge in [-0.05, 0) is 30.2 Å². The van der Waals surface area contributed by atoms with Crippen molar-refractivity contribution in [3.05, 3.63) is 60.0 Å². The summed E-state index contributed by atoms with van der Waals surface area (Å²) < 4.78 is 10.9. The minimum atomic E-state index is -0.473. The van der Waals surface area contributed by atoms with E-state index in [4.69, 9.17) is 8.94 Å². The summed E-state index contributed by atoms with van der Waals surface area (Å²) >= 11 is 2.48. The number of hydrogen-bond acceptors (Lipinski definition) is 9. The standard InChI is InChI=1S/C20H15N5O4S2/c26-17(25-8-7-12-4-1-2-5-14(12)25)11-30-20-23-22-19(31-20)21-18(27)13-10-16(29-24-13)15-6-3-9-28-15/h1-6,9-10H,7-8,11H2,(H,21,22,27). The number of benzene rings is 1. The molecule has 2 amide bonds. The van der Waals surface area contributed by atoms with Gasteiger partial charge in [-0.3, -0.25) is 14.9 Å². The maximum absolute atomic E-state index is 12.6. The fraction of sp³-hybridized carbons (Fsp3) is 0.150. The third-order valence-electron chi connectivity index (χ3n) is 4.64. The van der Waals surface area contributed by atoms with Crippen molar-refractivity contribution in [2.24, 2.45) is 0 Å². The predicted molar refractivity (Wildman–Crippen MR) is 115 cm³/mol. The molecule has 11 heteroatoms. The van der Waals surface area contributed by atoms with E-state index in [2.05, 4.69) is 20.7 Å². The van der Waals surface area contributed by atoms with Gasteiger partial charge in [0.05, 0.1) is 12.0 Å². The van der Waals surface area contributed by atoms with Crippen LogP contribution in [0.3, 0.4) is 0 Å². The Morgan fingerprint density at radius 2 is 2.06 bits per heavy atom. The van der Waals surface area contributed by atoms with E-state index < -0.39 is 5.91 Å². The van der Waals surface area contributed by atoms with Crippen LogP contribution in [0.25, 0.3) is 11.5 Å². The first kappa shape index (κ1) is 19.5. The molecule has 1 aliphatic heterocycles. The molecule has 0 saturated carbocycles. The number of fused-ring (bicyclic) bond motifs is 1. The molecule has 0 fully saturated rings. The lowest BCUT2D eigenvalue weighted by Gasteiger charge is -2.16. The predicted octanol–water partition coefficient (Wildman–Crippen LogP) is 3.72. The zero-order valence-corrected chi connectivity index (χ0v) is 17.6. The monoisotopic (exact) mass is 453 g/mol. The number of para-hydroxylation sites is 1. The van der Waals surface area contributed by atoms with Crippen molar-refractivity contribution >= 4 is 45.7 Å². The summed E-state index contributed by atoms with van der Waals surface area (Å²) in [4.78, 5) is 26.8. The minimum Gasteiger partial charge on any atom is -0.461 e. The van der Waals surface area contributed by atoms with Gasteiger partial charge < -0.3 is 13.8 Å². The lowest BCUT2D eigenvalue weighted by Crippen LogP contribution is -2.30. The summed E-state index contributed by atoms with van der Waals surface area (Å²) in [7, 11) is 0. The van der Waals surface area contributed by atoms with Gasteiger partial charge in [0.2, 0.25) is 16.8 Å². The quantitative estimate of drug-likeness (QED) is 0.347. The molecule has 1 N–H and O–H groups in total. The van der Waals surface area contributed by atoms with Crippen LogP contribution in [0.5, 0.6) is 0 Å². The third kappa shape index (κ3) is 4.09. The average Bonchev–Trinajstić information content (AvgIpc) is 3.58. The maximum Gasteiger partial charge on any atom is 0.279 e. The first-order valence-corrected chi connectivity index (χ1v) is 11.1. The van der Waals surface area contributed by atoms with Gasteiger partial charge in [-0.2, -0.15) is 0 Å². The molecule has 9 nitrogen and oxygen atoms in total. The number of furan rings is 1. The van der Waals surface area contributed by atoms with Crippen LogP contribution >= 0.6 is 23.1 Å². The Kier molecular flexibility index (Phi) is 5.26. The average molecular weight is 454 g/mol. The van der Waals surface area contributed by atoms with Crippen molar-refractivity contribution in [1.82, 2.24) is 15.4 Å². The largest absolute Gasteiger partial charge is 0.461 e. The Labute approximate surface area is 184 Å². The number of thioether (sulfide) groups is 1. The van der Waals surface area contributed by atoms with E-state index in [1.165, 1.54) is 41.0 Å². The molecule has 5 rings (SSSR count).